The van der Waals surface area contributed by atoms with Crippen molar-refractivity contribution >= 4 is 29.7 Å². The van der Waals surface area contributed by atoms with Crippen molar-refractivity contribution in [3.05, 3.63) is 35.9 Å². The molecule has 0 bridgehead atoms. The Hall–Kier alpha value is -2.83. The first-order valence-corrected chi connectivity index (χ1v) is 6.38. The number of rotatable bonds is 4. The van der Waals surface area contributed by atoms with Crippen molar-refractivity contribution in [3.8, 4) is 0 Å². The minimum absolute atomic E-state index is 0.0742. The van der Waals surface area contributed by atoms with Crippen LogP contribution in [0, 0.1) is 0 Å². The quantitative estimate of drug-likeness (QED) is 0.615. The fourth-order valence-corrected chi connectivity index (χ4v) is 1.90. The second kappa shape index (κ2) is 6.56. The summed E-state index contributed by atoms with van der Waals surface area (Å²) in [5, 5.41) is 16.5. The first-order chi connectivity index (χ1) is 10.0. The third kappa shape index (κ3) is 4.64. The largest absolute Gasteiger partial charge is 0.478 e. The number of carboxylic acid groups (broad SMARTS) is 1. The Morgan fingerprint density at radius 1 is 1.29 bits per heavy atom. The highest BCUT2D eigenvalue weighted by Crippen LogP contribution is 2.11. The van der Waals surface area contributed by atoms with Crippen LogP contribution in [0.25, 0.3) is 6.08 Å². The second-order valence-corrected chi connectivity index (χ2v) is 4.60. The van der Waals surface area contributed by atoms with Gasteiger partial charge in [0.25, 0.3) is 0 Å². The van der Waals surface area contributed by atoms with Crippen molar-refractivity contribution in [2.24, 2.45) is 0 Å². The standard InChI is InChI=1S/C14H15N3O4/c18-12-7-11(8-15-12)17-14(21)16-10-4-1-9(2-5-10)3-6-13(19)20/h1-6,11H,7-8H2,(H,15,18)(H,19,20)(H2,16,17,21)/b6-3+. The molecule has 1 saturated heterocycles. The summed E-state index contributed by atoms with van der Waals surface area (Å²) in [6.45, 7) is 0.436. The van der Waals surface area contributed by atoms with Gasteiger partial charge in [0, 0.05) is 24.7 Å². The molecule has 3 amide bonds. The lowest BCUT2D eigenvalue weighted by molar-refractivity contribution is -0.131. The fourth-order valence-electron chi connectivity index (χ4n) is 1.90. The van der Waals surface area contributed by atoms with Crippen LogP contribution < -0.4 is 16.0 Å². The number of carboxylic acids is 1. The lowest BCUT2D eigenvalue weighted by atomic mass is 10.2. The zero-order valence-electron chi connectivity index (χ0n) is 11.1. The molecular formula is C14H15N3O4. The molecule has 7 nitrogen and oxygen atoms in total. The Morgan fingerprint density at radius 3 is 2.57 bits per heavy atom. The number of hydrogen-bond donors (Lipinski definition) is 4. The summed E-state index contributed by atoms with van der Waals surface area (Å²) in [6.07, 6.45) is 2.79. The normalized spacial score (nSPS) is 17.5. The van der Waals surface area contributed by atoms with Gasteiger partial charge < -0.3 is 21.1 Å². The van der Waals surface area contributed by atoms with E-state index < -0.39 is 5.97 Å². The number of aliphatic carboxylic acids is 1. The summed E-state index contributed by atoms with van der Waals surface area (Å²) in [5.41, 5.74) is 1.30. The predicted octanol–water partition coefficient (Wildman–Crippen LogP) is 0.794. The topological polar surface area (TPSA) is 108 Å². The maximum absolute atomic E-state index is 11.7. The molecule has 1 aliphatic heterocycles. The van der Waals surface area contributed by atoms with Crippen molar-refractivity contribution in [3.63, 3.8) is 0 Å². The number of urea groups is 1. The number of nitrogens with one attached hydrogen (secondary N) is 3. The molecule has 21 heavy (non-hydrogen) atoms. The third-order valence-corrected chi connectivity index (χ3v) is 2.90. The van der Waals surface area contributed by atoms with Crippen LogP contribution in [0.5, 0.6) is 0 Å². The van der Waals surface area contributed by atoms with Gasteiger partial charge in [0.05, 0.1) is 6.04 Å². The molecular weight excluding hydrogens is 274 g/mol. The Bertz CT molecular complexity index is 580. The van der Waals surface area contributed by atoms with E-state index in [9.17, 15) is 14.4 Å². The van der Waals surface area contributed by atoms with E-state index in [1.807, 2.05) is 0 Å². The number of carbonyl (C=O) groups excluding carboxylic acids is 2. The molecule has 1 aromatic carbocycles. The van der Waals surface area contributed by atoms with Gasteiger partial charge in [0.2, 0.25) is 5.91 Å². The zero-order valence-corrected chi connectivity index (χ0v) is 11.1. The maximum atomic E-state index is 11.7. The molecule has 0 radical (unpaired) electrons. The van der Waals surface area contributed by atoms with E-state index in [0.29, 0.717) is 17.8 Å². The Morgan fingerprint density at radius 2 is 2.00 bits per heavy atom. The van der Waals surface area contributed by atoms with Crippen molar-refractivity contribution in [2.45, 2.75) is 12.5 Å². The highest BCUT2D eigenvalue weighted by atomic mass is 16.4. The minimum Gasteiger partial charge on any atom is -0.478 e. The number of anilines is 1. The van der Waals surface area contributed by atoms with Crippen LogP contribution in [0.1, 0.15) is 12.0 Å². The summed E-state index contributed by atoms with van der Waals surface area (Å²) in [7, 11) is 0. The number of amides is 3. The molecule has 0 aliphatic carbocycles. The zero-order chi connectivity index (χ0) is 15.2. The molecule has 110 valence electrons. The number of carbonyl (C=O) groups is 3. The second-order valence-electron chi connectivity index (χ2n) is 4.60. The average Bonchev–Trinajstić information content (AvgIpc) is 2.83. The van der Waals surface area contributed by atoms with Crippen LogP contribution in [0.4, 0.5) is 10.5 Å². The van der Waals surface area contributed by atoms with Crippen molar-refractivity contribution < 1.29 is 19.5 Å². The summed E-state index contributed by atoms with van der Waals surface area (Å²) >= 11 is 0. The first kappa shape index (κ1) is 14.6. The van der Waals surface area contributed by atoms with E-state index in [0.717, 1.165) is 6.08 Å². The van der Waals surface area contributed by atoms with E-state index in [4.69, 9.17) is 5.11 Å². The third-order valence-electron chi connectivity index (χ3n) is 2.90. The summed E-state index contributed by atoms with van der Waals surface area (Å²) < 4.78 is 0. The van der Waals surface area contributed by atoms with Crippen LogP contribution in [-0.4, -0.2) is 35.6 Å². The Balaban J connectivity index is 1.86. The maximum Gasteiger partial charge on any atom is 0.328 e. The highest BCUT2D eigenvalue weighted by molar-refractivity contribution is 5.90. The lowest BCUT2D eigenvalue weighted by Gasteiger charge is -2.11. The van der Waals surface area contributed by atoms with E-state index in [1.165, 1.54) is 6.08 Å². The van der Waals surface area contributed by atoms with Gasteiger partial charge in [-0.2, -0.15) is 0 Å². The molecule has 1 atom stereocenters. The minimum atomic E-state index is -1.02. The van der Waals surface area contributed by atoms with E-state index in [1.54, 1.807) is 24.3 Å². The average molecular weight is 289 g/mol. The number of benzene rings is 1. The molecule has 1 heterocycles. The van der Waals surface area contributed by atoms with E-state index in [-0.39, 0.29) is 24.4 Å². The van der Waals surface area contributed by atoms with Crippen LogP contribution in [-0.2, 0) is 9.59 Å². The molecule has 2 rings (SSSR count). The molecule has 0 spiro atoms. The van der Waals surface area contributed by atoms with Gasteiger partial charge in [-0.05, 0) is 23.8 Å². The Kier molecular flexibility index (Phi) is 4.55. The van der Waals surface area contributed by atoms with Gasteiger partial charge in [-0.1, -0.05) is 12.1 Å². The Labute approximate surface area is 121 Å². The van der Waals surface area contributed by atoms with E-state index in [2.05, 4.69) is 16.0 Å². The van der Waals surface area contributed by atoms with Gasteiger partial charge in [-0.15, -0.1) is 0 Å². The SMILES string of the molecule is O=C(O)/C=C/c1ccc(NC(=O)NC2CNC(=O)C2)cc1. The van der Waals surface area contributed by atoms with Gasteiger partial charge in [-0.25, -0.2) is 9.59 Å². The smallest absolute Gasteiger partial charge is 0.328 e. The molecule has 1 unspecified atom stereocenters. The van der Waals surface area contributed by atoms with Crippen molar-refractivity contribution in [2.75, 3.05) is 11.9 Å². The molecule has 1 aliphatic rings. The van der Waals surface area contributed by atoms with Crippen LogP contribution in [0.15, 0.2) is 30.3 Å². The van der Waals surface area contributed by atoms with Crippen LogP contribution >= 0.6 is 0 Å². The molecule has 0 aromatic heterocycles. The summed E-state index contributed by atoms with van der Waals surface area (Å²) in [5.74, 6) is -1.09. The molecule has 1 fully saturated rings. The monoisotopic (exact) mass is 289 g/mol. The number of hydrogen-bond acceptors (Lipinski definition) is 3. The van der Waals surface area contributed by atoms with Gasteiger partial charge in [0.15, 0.2) is 0 Å². The highest BCUT2D eigenvalue weighted by Gasteiger charge is 2.22. The van der Waals surface area contributed by atoms with Gasteiger partial charge >= 0.3 is 12.0 Å². The molecule has 4 N–H and O–H groups in total. The van der Waals surface area contributed by atoms with Crippen LogP contribution in [0.3, 0.4) is 0 Å². The summed E-state index contributed by atoms with van der Waals surface area (Å²) in [6, 6.07) is 6.13. The van der Waals surface area contributed by atoms with Gasteiger partial charge in [-0.3, -0.25) is 4.79 Å². The fraction of sp³-hybridized carbons (Fsp3) is 0.214. The lowest BCUT2D eigenvalue weighted by Crippen LogP contribution is -2.39. The molecule has 7 heteroatoms. The van der Waals surface area contributed by atoms with Crippen molar-refractivity contribution in [1.82, 2.24) is 10.6 Å². The van der Waals surface area contributed by atoms with Crippen LogP contribution in [0.2, 0.25) is 0 Å². The first-order valence-electron chi connectivity index (χ1n) is 6.38. The predicted molar refractivity (Wildman–Crippen MR) is 76.7 cm³/mol. The summed E-state index contributed by atoms with van der Waals surface area (Å²) in [4.78, 5) is 33.1. The van der Waals surface area contributed by atoms with E-state index >= 15 is 0 Å². The molecule has 1 aromatic rings. The van der Waals surface area contributed by atoms with Gasteiger partial charge in [0.1, 0.15) is 0 Å². The molecule has 0 saturated carbocycles. The van der Waals surface area contributed by atoms with Crippen molar-refractivity contribution in [1.29, 1.82) is 0 Å².